The lowest BCUT2D eigenvalue weighted by Gasteiger charge is -2.34. The zero-order chi connectivity index (χ0) is 18.9. The van der Waals surface area contributed by atoms with Crippen LogP contribution in [0.4, 0.5) is 10.5 Å². The second-order valence-electron chi connectivity index (χ2n) is 6.72. The molecule has 0 spiro atoms. The number of rotatable bonds is 7. The third-order valence-electron chi connectivity index (χ3n) is 4.66. The zero-order valence-corrected chi connectivity index (χ0v) is 17.0. The highest BCUT2D eigenvalue weighted by Crippen LogP contribution is 2.14. The third-order valence-corrected chi connectivity index (χ3v) is 5.77. The van der Waals surface area contributed by atoms with Gasteiger partial charge in [-0.05, 0) is 42.8 Å². The van der Waals surface area contributed by atoms with Crippen LogP contribution < -0.4 is 5.32 Å². The number of benzene rings is 2. The van der Waals surface area contributed by atoms with Crippen LogP contribution in [0.5, 0.6) is 0 Å². The van der Waals surface area contributed by atoms with Crippen molar-refractivity contribution in [3.8, 4) is 0 Å². The average molecular weight is 404 g/mol. The standard InChI is InChI=1S/C21H26ClN3OS/c22-19-9-7-18(8-10-19)17-25-14-12-24(13-15-25)11-4-16-27-21(26)23-20-5-2-1-3-6-20/h1-3,5-10H,4,11-17H2,(H,23,26). The van der Waals surface area contributed by atoms with Crippen molar-refractivity contribution >= 4 is 34.3 Å². The van der Waals surface area contributed by atoms with Gasteiger partial charge in [0, 0.05) is 49.2 Å². The molecule has 27 heavy (non-hydrogen) atoms. The van der Waals surface area contributed by atoms with E-state index in [4.69, 9.17) is 11.6 Å². The number of amides is 1. The molecule has 0 saturated carbocycles. The lowest BCUT2D eigenvalue weighted by molar-refractivity contribution is 0.127. The van der Waals surface area contributed by atoms with Crippen molar-refractivity contribution in [2.24, 2.45) is 0 Å². The predicted octanol–water partition coefficient (Wildman–Crippen LogP) is 4.81. The second kappa shape index (κ2) is 10.7. The number of carbonyl (C=O) groups is 1. The summed E-state index contributed by atoms with van der Waals surface area (Å²) < 4.78 is 0. The summed E-state index contributed by atoms with van der Waals surface area (Å²) in [6.45, 7) is 6.40. The molecule has 1 saturated heterocycles. The van der Waals surface area contributed by atoms with E-state index in [1.54, 1.807) is 0 Å². The fourth-order valence-electron chi connectivity index (χ4n) is 3.15. The first-order valence-electron chi connectivity index (χ1n) is 9.37. The Balaban J connectivity index is 1.27. The lowest BCUT2D eigenvalue weighted by Crippen LogP contribution is -2.46. The summed E-state index contributed by atoms with van der Waals surface area (Å²) in [6.07, 6.45) is 1.03. The number of halogens is 1. The van der Waals surface area contributed by atoms with Gasteiger partial charge in [0.2, 0.25) is 0 Å². The van der Waals surface area contributed by atoms with Gasteiger partial charge in [-0.1, -0.05) is 53.7 Å². The Morgan fingerprint density at radius 1 is 0.963 bits per heavy atom. The summed E-state index contributed by atoms with van der Waals surface area (Å²) >= 11 is 7.31. The quantitative estimate of drug-likeness (QED) is 0.672. The maximum Gasteiger partial charge on any atom is 0.283 e. The van der Waals surface area contributed by atoms with Gasteiger partial charge in [-0.3, -0.25) is 9.69 Å². The van der Waals surface area contributed by atoms with E-state index in [1.807, 2.05) is 42.5 Å². The molecule has 1 N–H and O–H groups in total. The van der Waals surface area contributed by atoms with Gasteiger partial charge in [-0.2, -0.15) is 0 Å². The molecule has 2 aromatic carbocycles. The Kier molecular flexibility index (Phi) is 8.02. The van der Waals surface area contributed by atoms with Crippen molar-refractivity contribution in [2.45, 2.75) is 13.0 Å². The van der Waals surface area contributed by atoms with Crippen LogP contribution in [0.15, 0.2) is 54.6 Å². The van der Waals surface area contributed by atoms with Gasteiger partial charge < -0.3 is 10.2 Å². The molecular formula is C21H26ClN3OS. The molecule has 1 aliphatic heterocycles. The molecule has 0 aliphatic carbocycles. The summed E-state index contributed by atoms with van der Waals surface area (Å²) in [5, 5.41) is 3.72. The highest BCUT2D eigenvalue weighted by molar-refractivity contribution is 8.13. The Bertz CT molecular complexity index is 703. The minimum absolute atomic E-state index is 0.0222. The molecule has 0 radical (unpaired) electrons. The van der Waals surface area contributed by atoms with E-state index in [1.165, 1.54) is 17.3 Å². The van der Waals surface area contributed by atoms with Crippen LogP contribution in [-0.2, 0) is 6.54 Å². The highest BCUT2D eigenvalue weighted by atomic mass is 35.5. The van der Waals surface area contributed by atoms with Crippen LogP contribution in [-0.4, -0.2) is 53.5 Å². The number of piperazine rings is 1. The summed E-state index contributed by atoms with van der Waals surface area (Å²) in [6, 6.07) is 17.7. The van der Waals surface area contributed by atoms with Crippen LogP contribution in [0.3, 0.4) is 0 Å². The molecule has 1 fully saturated rings. The van der Waals surface area contributed by atoms with Crippen LogP contribution in [0.25, 0.3) is 0 Å². The van der Waals surface area contributed by atoms with Crippen molar-refractivity contribution in [1.82, 2.24) is 9.80 Å². The number of para-hydroxylation sites is 1. The highest BCUT2D eigenvalue weighted by Gasteiger charge is 2.16. The molecular weight excluding hydrogens is 378 g/mol. The van der Waals surface area contributed by atoms with Gasteiger partial charge >= 0.3 is 0 Å². The number of hydrogen-bond acceptors (Lipinski definition) is 4. The first-order valence-corrected chi connectivity index (χ1v) is 10.7. The smallest absolute Gasteiger partial charge is 0.283 e. The van der Waals surface area contributed by atoms with Crippen molar-refractivity contribution < 1.29 is 4.79 Å². The van der Waals surface area contributed by atoms with E-state index in [0.29, 0.717) is 0 Å². The summed E-state index contributed by atoms with van der Waals surface area (Å²) in [7, 11) is 0. The summed E-state index contributed by atoms with van der Waals surface area (Å²) in [5.74, 6) is 0.851. The predicted molar refractivity (Wildman–Crippen MR) is 116 cm³/mol. The minimum Gasteiger partial charge on any atom is -0.317 e. The number of nitrogens with one attached hydrogen (secondary N) is 1. The molecule has 1 aliphatic rings. The average Bonchev–Trinajstić information content (AvgIpc) is 2.69. The van der Waals surface area contributed by atoms with Crippen LogP contribution >= 0.6 is 23.4 Å². The number of anilines is 1. The SMILES string of the molecule is O=C(Nc1ccccc1)SCCCN1CCN(Cc2ccc(Cl)cc2)CC1. The van der Waals surface area contributed by atoms with Crippen LogP contribution in [0.2, 0.25) is 5.02 Å². The van der Waals surface area contributed by atoms with Gasteiger partial charge in [0.25, 0.3) is 5.24 Å². The van der Waals surface area contributed by atoms with Gasteiger partial charge in [0.1, 0.15) is 0 Å². The first kappa shape index (κ1) is 20.2. The van der Waals surface area contributed by atoms with Crippen molar-refractivity contribution in [3.63, 3.8) is 0 Å². The van der Waals surface area contributed by atoms with E-state index < -0.39 is 0 Å². The molecule has 1 amide bonds. The van der Waals surface area contributed by atoms with E-state index >= 15 is 0 Å². The van der Waals surface area contributed by atoms with Gasteiger partial charge in [0.15, 0.2) is 0 Å². The molecule has 144 valence electrons. The van der Waals surface area contributed by atoms with Gasteiger partial charge in [-0.25, -0.2) is 0 Å². The Morgan fingerprint density at radius 3 is 2.33 bits per heavy atom. The van der Waals surface area contributed by atoms with Gasteiger partial charge in [-0.15, -0.1) is 0 Å². The van der Waals surface area contributed by atoms with Gasteiger partial charge in [0.05, 0.1) is 0 Å². The molecule has 4 nitrogen and oxygen atoms in total. The third kappa shape index (κ3) is 7.18. The number of nitrogens with zero attached hydrogens (tertiary/aromatic N) is 2. The van der Waals surface area contributed by atoms with Crippen molar-refractivity contribution in [2.75, 3.05) is 43.8 Å². The maximum atomic E-state index is 11.9. The first-order chi connectivity index (χ1) is 13.2. The number of hydrogen-bond donors (Lipinski definition) is 1. The van der Waals surface area contributed by atoms with E-state index in [9.17, 15) is 4.79 Å². The Hall–Kier alpha value is -1.53. The maximum absolute atomic E-state index is 11.9. The molecule has 0 atom stereocenters. The van der Waals surface area contributed by atoms with Crippen LogP contribution in [0, 0.1) is 0 Å². The minimum atomic E-state index is 0.0222. The summed E-state index contributed by atoms with van der Waals surface area (Å²) in [4.78, 5) is 16.9. The molecule has 6 heteroatoms. The molecule has 2 aromatic rings. The monoisotopic (exact) mass is 403 g/mol. The lowest BCUT2D eigenvalue weighted by atomic mass is 10.2. The fourth-order valence-corrected chi connectivity index (χ4v) is 3.92. The topological polar surface area (TPSA) is 35.6 Å². The molecule has 0 aromatic heterocycles. The normalized spacial score (nSPS) is 15.6. The van der Waals surface area contributed by atoms with E-state index in [0.717, 1.165) is 62.2 Å². The van der Waals surface area contributed by atoms with Crippen LogP contribution in [0.1, 0.15) is 12.0 Å². The molecule has 1 heterocycles. The van der Waals surface area contributed by atoms with Crippen molar-refractivity contribution in [1.29, 1.82) is 0 Å². The fraction of sp³-hybridized carbons (Fsp3) is 0.381. The van der Waals surface area contributed by atoms with E-state index in [-0.39, 0.29) is 5.24 Å². The largest absolute Gasteiger partial charge is 0.317 e. The Morgan fingerprint density at radius 2 is 1.63 bits per heavy atom. The Labute approximate surface area is 170 Å². The van der Waals surface area contributed by atoms with Crippen molar-refractivity contribution in [3.05, 3.63) is 65.2 Å². The second-order valence-corrected chi connectivity index (χ2v) is 8.23. The zero-order valence-electron chi connectivity index (χ0n) is 15.4. The van der Waals surface area contributed by atoms with E-state index in [2.05, 4.69) is 27.2 Å². The molecule has 0 bridgehead atoms. The summed E-state index contributed by atoms with van der Waals surface area (Å²) in [5.41, 5.74) is 2.17. The molecule has 3 rings (SSSR count). The number of carbonyl (C=O) groups excluding carboxylic acids is 1. The number of thioether (sulfide) groups is 1. The molecule has 0 unspecified atom stereocenters.